The predicted octanol–water partition coefficient (Wildman–Crippen LogP) is 0.440. The molecule has 1 aromatic rings. The minimum Gasteiger partial charge on any atom is -0.395 e. The van der Waals surface area contributed by atoms with Gasteiger partial charge in [-0.1, -0.05) is 12.1 Å². The van der Waals surface area contributed by atoms with Crippen LogP contribution in [-0.4, -0.2) is 66.2 Å². The van der Waals surface area contributed by atoms with Crippen LogP contribution in [0.25, 0.3) is 0 Å². The Morgan fingerprint density at radius 1 is 1.27 bits per heavy atom. The largest absolute Gasteiger partial charge is 0.395 e. The van der Waals surface area contributed by atoms with E-state index in [1.807, 2.05) is 6.92 Å². The molecular weight excluding hydrogens is 285 g/mol. The molecule has 22 heavy (non-hydrogen) atoms. The van der Waals surface area contributed by atoms with Crippen LogP contribution in [0.5, 0.6) is 0 Å². The Balaban J connectivity index is 1.76. The number of aliphatic hydroxyl groups is 1. The van der Waals surface area contributed by atoms with E-state index in [0.29, 0.717) is 13.1 Å². The summed E-state index contributed by atoms with van der Waals surface area (Å²) in [6.07, 6.45) is 0. The molecule has 0 saturated carbocycles. The summed E-state index contributed by atoms with van der Waals surface area (Å²) in [7, 11) is 0. The smallest absolute Gasteiger partial charge is 0.237 e. The van der Waals surface area contributed by atoms with Gasteiger partial charge in [0.25, 0.3) is 0 Å². The van der Waals surface area contributed by atoms with Crippen LogP contribution in [0.1, 0.15) is 12.5 Å². The van der Waals surface area contributed by atoms with E-state index >= 15 is 0 Å². The van der Waals surface area contributed by atoms with Gasteiger partial charge in [-0.15, -0.1) is 0 Å². The fourth-order valence-electron chi connectivity index (χ4n) is 2.62. The summed E-state index contributed by atoms with van der Waals surface area (Å²) < 4.78 is 12.8. The molecule has 0 bridgehead atoms. The van der Waals surface area contributed by atoms with Crippen molar-refractivity contribution < 1.29 is 14.3 Å². The Labute approximate surface area is 130 Å². The number of aliphatic hydroxyl groups excluding tert-OH is 1. The van der Waals surface area contributed by atoms with Crippen LogP contribution in [-0.2, 0) is 11.3 Å². The zero-order chi connectivity index (χ0) is 15.9. The molecule has 122 valence electrons. The molecule has 0 unspecified atom stereocenters. The topological polar surface area (TPSA) is 55.8 Å². The highest BCUT2D eigenvalue weighted by Gasteiger charge is 2.25. The molecule has 1 aliphatic heterocycles. The summed E-state index contributed by atoms with van der Waals surface area (Å²) in [5.41, 5.74) is 0.884. The van der Waals surface area contributed by atoms with E-state index in [9.17, 15) is 9.18 Å². The van der Waals surface area contributed by atoms with Crippen molar-refractivity contribution in [3.05, 3.63) is 35.6 Å². The maximum absolute atomic E-state index is 12.8. The minimum atomic E-state index is -0.274. The third-order valence-electron chi connectivity index (χ3n) is 4.13. The van der Waals surface area contributed by atoms with Crippen molar-refractivity contribution >= 4 is 5.91 Å². The molecule has 0 radical (unpaired) electrons. The third-order valence-corrected chi connectivity index (χ3v) is 4.13. The lowest BCUT2D eigenvalue weighted by molar-refractivity contribution is -0.126. The van der Waals surface area contributed by atoms with Gasteiger partial charge in [0.2, 0.25) is 5.91 Å². The van der Waals surface area contributed by atoms with E-state index in [2.05, 4.69) is 15.1 Å². The van der Waals surface area contributed by atoms with Crippen molar-refractivity contribution in [1.82, 2.24) is 15.1 Å². The highest BCUT2D eigenvalue weighted by atomic mass is 19.1. The Bertz CT molecular complexity index is 473. The van der Waals surface area contributed by atoms with Gasteiger partial charge in [-0.05, 0) is 24.6 Å². The quantitative estimate of drug-likeness (QED) is 0.801. The first-order valence-corrected chi connectivity index (χ1v) is 7.69. The first-order valence-electron chi connectivity index (χ1n) is 7.69. The molecule has 5 nitrogen and oxygen atoms in total. The molecule has 0 spiro atoms. The Kier molecular flexibility index (Phi) is 6.30. The SMILES string of the molecule is C[C@H](C(=O)NCc1ccc(F)cc1)N1CCN(CCO)CC1. The number of carbonyl (C=O) groups excluding carboxylic acids is 1. The molecule has 0 aromatic heterocycles. The van der Waals surface area contributed by atoms with Gasteiger partial charge < -0.3 is 10.4 Å². The fourth-order valence-corrected chi connectivity index (χ4v) is 2.62. The number of amides is 1. The highest BCUT2D eigenvalue weighted by Crippen LogP contribution is 2.07. The zero-order valence-electron chi connectivity index (χ0n) is 13.0. The first-order chi connectivity index (χ1) is 10.6. The van der Waals surface area contributed by atoms with Crippen LogP contribution in [0.2, 0.25) is 0 Å². The van der Waals surface area contributed by atoms with Crippen LogP contribution in [0.3, 0.4) is 0 Å². The molecule has 1 atom stereocenters. The molecule has 1 aliphatic rings. The summed E-state index contributed by atoms with van der Waals surface area (Å²) in [5.74, 6) is -0.288. The van der Waals surface area contributed by atoms with Crippen molar-refractivity contribution in [1.29, 1.82) is 0 Å². The zero-order valence-corrected chi connectivity index (χ0v) is 13.0. The number of rotatable bonds is 6. The van der Waals surface area contributed by atoms with Crippen LogP contribution in [0.4, 0.5) is 4.39 Å². The van der Waals surface area contributed by atoms with E-state index < -0.39 is 0 Å². The number of halogens is 1. The van der Waals surface area contributed by atoms with Gasteiger partial charge in [0.1, 0.15) is 5.82 Å². The molecule has 2 N–H and O–H groups in total. The average molecular weight is 309 g/mol. The van der Waals surface area contributed by atoms with Gasteiger partial charge in [0.05, 0.1) is 12.6 Å². The lowest BCUT2D eigenvalue weighted by atomic mass is 10.2. The van der Waals surface area contributed by atoms with Gasteiger partial charge >= 0.3 is 0 Å². The number of hydrogen-bond donors (Lipinski definition) is 2. The van der Waals surface area contributed by atoms with E-state index in [-0.39, 0.29) is 24.4 Å². The number of carbonyl (C=O) groups is 1. The van der Waals surface area contributed by atoms with Crippen molar-refractivity contribution in [3.8, 4) is 0 Å². The van der Waals surface area contributed by atoms with E-state index in [0.717, 1.165) is 31.7 Å². The van der Waals surface area contributed by atoms with Crippen molar-refractivity contribution in [2.24, 2.45) is 0 Å². The normalized spacial score (nSPS) is 18.1. The van der Waals surface area contributed by atoms with E-state index in [4.69, 9.17) is 5.11 Å². The Hall–Kier alpha value is -1.50. The lowest BCUT2D eigenvalue weighted by Crippen LogP contribution is -2.54. The van der Waals surface area contributed by atoms with Crippen molar-refractivity contribution in [3.63, 3.8) is 0 Å². The number of β-amino-alcohol motifs (C(OH)–C–C–N with tert-alkyl or cyclic N) is 1. The molecule has 1 aromatic carbocycles. The second kappa shape index (κ2) is 8.22. The standard InChI is InChI=1S/C16H24FN3O2/c1-13(20-8-6-19(7-9-20)10-11-21)16(22)18-12-14-2-4-15(17)5-3-14/h2-5,13,21H,6-12H2,1H3,(H,18,22)/t13-/m1/s1. The number of benzene rings is 1. The van der Waals surface area contributed by atoms with Crippen LogP contribution >= 0.6 is 0 Å². The third kappa shape index (κ3) is 4.76. The van der Waals surface area contributed by atoms with Crippen molar-refractivity contribution in [2.75, 3.05) is 39.3 Å². The predicted molar refractivity (Wildman–Crippen MR) is 82.8 cm³/mol. The fraction of sp³-hybridized carbons (Fsp3) is 0.562. The molecule has 1 saturated heterocycles. The number of nitrogens with one attached hydrogen (secondary N) is 1. The van der Waals surface area contributed by atoms with Gasteiger partial charge in [-0.25, -0.2) is 4.39 Å². The van der Waals surface area contributed by atoms with Crippen molar-refractivity contribution in [2.45, 2.75) is 19.5 Å². The van der Waals surface area contributed by atoms with Crippen LogP contribution < -0.4 is 5.32 Å². The van der Waals surface area contributed by atoms with Crippen LogP contribution in [0.15, 0.2) is 24.3 Å². The number of hydrogen-bond acceptors (Lipinski definition) is 4. The monoisotopic (exact) mass is 309 g/mol. The van der Waals surface area contributed by atoms with Gasteiger partial charge in [-0.2, -0.15) is 0 Å². The second-order valence-electron chi connectivity index (χ2n) is 5.62. The number of piperazine rings is 1. The maximum Gasteiger partial charge on any atom is 0.237 e. The first kappa shape index (κ1) is 16.9. The summed E-state index contributed by atoms with van der Waals surface area (Å²) in [5, 5.41) is 11.8. The van der Waals surface area contributed by atoms with Gasteiger partial charge in [0.15, 0.2) is 0 Å². The molecule has 1 fully saturated rings. The molecule has 1 amide bonds. The summed E-state index contributed by atoms with van der Waals surface area (Å²) in [4.78, 5) is 16.6. The Morgan fingerprint density at radius 2 is 1.91 bits per heavy atom. The Morgan fingerprint density at radius 3 is 2.50 bits per heavy atom. The van der Waals surface area contributed by atoms with Crippen LogP contribution in [0, 0.1) is 5.82 Å². The summed E-state index contributed by atoms with van der Waals surface area (Å²) in [6, 6.07) is 5.95. The minimum absolute atomic E-state index is 0.0140. The molecule has 1 heterocycles. The maximum atomic E-state index is 12.8. The molecular formula is C16H24FN3O2. The van der Waals surface area contributed by atoms with E-state index in [1.54, 1.807) is 12.1 Å². The highest BCUT2D eigenvalue weighted by molar-refractivity contribution is 5.81. The van der Waals surface area contributed by atoms with E-state index in [1.165, 1.54) is 12.1 Å². The summed E-state index contributed by atoms with van der Waals surface area (Å²) in [6.45, 7) is 6.57. The van der Waals surface area contributed by atoms with Gasteiger partial charge in [0, 0.05) is 39.3 Å². The second-order valence-corrected chi connectivity index (χ2v) is 5.62. The molecule has 2 rings (SSSR count). The molecule has 0 aliphatic carbocycles. The summed E-state index contributed by atoms with van der Waals surface area (Å²) >= 11 is 0. The lowest BCUT2D eigenvalue weighted by Gasteiger charge is -2.37. The number of nitrogens with zero attached hydrogens (tertiary/aromatic N) is 2. The molecule has 6 heteroatoms. The van der Waals surface area contributed by atoms with Gasteiger partial charge in [-0.3, -0.25) is 14.6 Å². The average Bonchev–Trinajstić information content (AvgIpc) is 2.54.